The quantitative estimate of drug-likeness (QED) is 0.426. The molecule has 0 spiro atoms. The van der Waals surface area contributed by atoms with E-state index in [0.717, 1.165) is 22.9 Å². The Morgan fingerprint density at radius 2 is 1.69 bits per heavy atom. The summed E-state index contributed by atoms with van der Waals surface area (Å²) in [5.41, 5.74) is 0.335. The lowest BCUT2D eigenvalue weighted by Gasteiger charge is -2.31. The summed E-state index contributed by atoms with van der Waals surface area (Å²) in [5, 5.41) is 13.8. The summed E-state index contributed by atoms with van der Waals surface area (Å²) in [6.45, 7) is 3.31. The van der Waals surface area contributed by atoms with Gasteiger partial charge in [0.25, 0.3) is 5.69 Å². The van der Waals surface area contributed by atoms with Crippen molar-refractivity contribution >= 4 is 37.1 Å². The first-order valence-electron chi connectivity index (χ1n) is 9.60. The van der Waals surface area contributed by atoms with Crippen LogP contribution in [0.15, 0.2) is 53.4 Å². The molecule has 0 fully saturated rings. The molecule has 10 nitrogen and oxygen atoms in total. The van der Waals surface area contributed by atoms with Gasteiger partial charge >= 0.3 is 0 Å². The zero-order chi connectivity index (χ0) is 24.3. The average molecular weight is 484 g/mol. The SMILES string of the molecule is CC[C@H](C(=O)N[C@H](C)c1ccc(S(C)(=O)=O)cc1)N(c1cccc([N+](=O)[O-])c1)S(C)(=O)=O. The topological polar surface area (TPSA) is 144 Å². The van der Waals surface area contributed by atoms with Crippen molar-refractivity contribution in [3.05, 3.63) is 64.2 Å². The Hall–Kier alpha value is -2.99. The van der Waals surface area contributed by atoms with Crippen LogP contribution in [0.4, 0.5) is 11.4 Å². The first-order chi connectivity index (χ1) is 14.8. The van der Waals surface area contributed by atoms with Crippen molar-refractivity contribution in [1.82, 2.24) is 5.32 Å². The van der Waals surface area contributed by atoms with Gasteiger partial charge in [-0.05, 0) is 37.1 Å². The third-order valence-electron chi connectivity index (χ3n) is 4.79. The number of hydrogen-bond acceptors (Lipinski definition) is 7. The molecule has 0 aliphatic heterocycles. The van der Waals surface area contributed by atoms with E-state index in [1.54, 1.807) is 26.0 Å². The fourth-order valence-electron chi connectivity index (χ4n) is 3.20. The number of sulfone groups is 1. The highest BCUT2D eigenvalue weighted by atomic mass is 32.2. The minimum Gasteiger partial charge on any atom is -0.348 e. The highest BCUT2D eigenvalue weighted by Crippen LogP contribution is 2.27. The molecule has 0 radical (unpaired) electrons. The van der Waals surface area contributed by atoms with Gasteiger partial charge in [0.15, 0.2) is 9.84 Å². The molecule has 0 saturated heterocycles. The number of anilines is 1. The second-order valence-corrected chi connectivity index (χ2v) is 11.2. The van der Waals surface area contributed by atoms with Gasteiger partial charge in [-0.2, -0.15) is 0 Å². The smallest absolute Gasteiger partial charge is 0.271 e. The Balaban J connectivity index is 2.34. The first kappa shape index (κ1) is 25.3. The molecular formula is C20H25N3O7S2. The predicted octanol–water partition coefficient (Wildman–Crippen LogP) is 2.42. The fraction of sp³-hybridized carbons (Fsp3) is 0.350. The van der Waals surface area contributed by atoms with Crippen LogP contribution >= 0.6 is 0 Å². The Bertz CT molecular complexity index is 1210. The normalized spacial score (nSPS) is 13.8. The number of non-ortho nitro benzene ring substituents is 1. The standard InChI is InChI=1S/C20H25N3O7S2/c1-5-19(22(32(4,29)30)16-7-6-8-17(13-16)23(25)26)20(24)21-14(2)15-9-11-18(12-10-15)31(3,27)28/h6-14,19H,5H2,1-4H3,(H,21,24)/t14-,19-/m1/s1. The summed E-state index contributed by atoms with van der Waals surface area (Å²) in [5.74, 6) is -0.593. The van der Waals surface area contributed by atoms with E-state index in [1.165, 1.54) is 30.3 Å². The molecule has 2 rings (SSSR count). The number of benzene rings is 2. The van der Waals surface area contributed by atoms with Crippen LogP contribution in [0.25, 0.3) is 0 Å². The number of nitrogens with zero attached hydrogens (tertiary/aromatic N) is 2. The minimum absolute atomic E-state index is 0.00820. The van der Waals surface area contributed by atoms with Gasteiger partial charge in [-0.1, -0.05) is 25.1 Å². The summed E-state index contributed by atoms with van der Waals surface area (Å²) in [6.07, 6.45) is 2.13. The van der Waals surface area contributed by atoms with E-state index in [0.29, 0.717) is 5.56 Å². The number of sulfonamides is 1. The maximum absolute atomic E-state index is 13.0. The molecular weight excluding hydrogens is 458 g/mol. The van der Waals surface area contributed by atoms with Crippen LogP contribution in [-0.2, 0) is 24.7 Å². The lowest BCUT2D eigenvalue weighted by atomic mass is 10.1. The van der Waals surface area contributed by atoms with Crippen molar-refractivity contribution in [2.75, 3.05) is 16.8 Å². The molecule has 0 unspecified atom stereocenters. The number of nitrogens with one attached hydrogen (secondary N) is 1. The number of carbonyl (C=O) groups is 1. The van der Waals surface area contributed by atoms with Crippen LogP contribution < -0.4 is 9.62 Å². The number of hydrogen-bond donors (Lipinski definition) is 1. The zero-order valence-corrected chi connectivity index (χ0v) is 19.7. The highest BCUT2D eigenvalue weighted by Gasteiger charge is 2.33. The molecule has 0 saturated carbocycles. The van der Waals surface area contributed by atoms with Crippen molar-refractivity contribution in [3.63, 3.8) is 0 Å². The Labute approximate surface area is 187 Å². The molecule has 0 heterocycles. The Kier molecular flexibility index (Phi) is 7.62. The maximum atomic E-state index is 13.0. The molecule has 1 amide bonds. The van der Waals surface area contributed by atoms with Gasteiger partial charge in [0.2, 0.25) is 15.9 Å². The molecule has 0 aliphatic carbocycles. The zero-order valence-electron chi connectivity index (χ0n) is 18.0. The van der Waals surface area contributed by atoms with Gasteiger partial charge in [0, 0.05) is 18.4 Å². The molecule has 1 N–H and O–H groups in total. The van der Waals surface area contributed by atoms with Crippen molar-refractivity contribution in [2.24, 2.45) is 0 Å². The lowest BCUT2D eigenvalue weighted by molar-refractivity contribution is -0.384. The summed E-state index contributed by atoms with van der Waals surface area (Å²) in [4.78, 5) is 23.6. The summed E-state index contributed by atoms with van der Waals surface area (Å²) in [6, 6.07) is 9.36. The molecule has 12 heteroatoms. The number of amides is 1. The third kappa shape index (κ3) is 6.04. The highest BCUT2D eigenvalue weighted by molar-refractivity contribution is 7.92. The largest absolute Gasteiger partial charge is 0.348 e. The van der Waals surface area contributed by atoms with E-state index in [1.807, 2.05) is 0 Å². The van der Waals surface area contributed by atoms with Gasteiger partial charge in [0.05, 0.1) is 27.8 Å². The Morgan fingerprint density at radius 3 is 2.16 bits per heavy atom. The number of carbonyl (C=O) groups excluding carboxylic acids is 1. The van der Waals surface area contributed by atoms with Gasteiger partial charge in [-0.3, -0.25) is 19.2 Å². The summed E-state index contributed by atoms with van der Waals surface area (Å²) in [7, 11) is -7.32. The van der Waals surface area contributed by atoms with Gasteiger partial charge < -0.3 is 5.32 Å². The molecule has 2 aromatic rings. The van der Waals surface area contributed by atoms with E-state index >= 15 is 0 Å². The molecule has 32 heavy (non-hydrogen) atoms. The van der Waals surface area contributed by atoms with Gasteiger partial charge in [-0.15, -0.1) is 0 Å². The molecule has 0 aliphatic rings. The van der Waals surface area contributed by atoms with Gasteiger partial charge in [-0.25, -0.2) is 16.8 Å². The molecule has 0 bridgehead atoms. The van der Waals surface area contributed by atoms with E-state index in [-0.39, 0.29) is 22.7 Å². The monoisotopic (exact) mass is 483 g/mol. The van der Waals surface area contributed by atoms with Gasteiger partial charge in [0.1, 0.15) is 6.04 Å². The average Bonchev–Trinajstić information content (AvgIpc) is 2.70. The lowest BCUT2D eigenvalue weighted by Crippen LogP contribution is -2.49. The van der Waals surface area contributed by atoms with E-state index in [4.69, 9.17) is 0 Å². The minimum atomic E-state index is -3.96. The third-order valence-corrected chi connectivity index (χ3v) is 7.10. The van der Waals surface area contributed by atoms with Crippen molar-refractivity contribution in [3.8, 4) is 0 Å². The second-order valence-electron chi connectivity index (χ2n) is 7.33. The number of nitro groups is 1. The van der Waals surface area contributed by atoms with Crippen LogP contribution in [0.2, 0.25) is 0 Å². The summed E-state index contributed by atoms with van der Waals surface area (Å²) >= 11 is 0. The summed E-state index contributed by atoms with van der Waals surface area (Å²) < 4.78 is 49.1. The molecule has 2 atom stereocenters. The van der Waals surface area contributed by atoms with Crippen molar-refractivity contribution in [2.45, 2.75) is 37.2 Å². The predicted molar refractivity (Wildman–Crippen MR) is 121 cm³/mol. The number of rotatable bonds is 9. The van der Waals surface area contributed by atoms with Crippen LogP contribution in [-0.4, -0.2) is 46.2 Å². The maximum Gasteiger partial charge on any atom is 0.271 e. The molecule has 2 aromatic carbocycles. The Morgan fingerprint density at radius 1 is 1.09 bits per heavy atom. The van der Waals surface area contributed by atoms with Crippen LogP contribution in [0.3, 0.4) is 0 Å². The molecule has 174 valence electrons. The van der Waals surface area contributed by atoms with Crippen molar-refractivity contribution in [1.29, 1.82) is 0 Å². The van der Waals surface area contributed by atoms with E-state index in [2.05, 4.69) is 5.32 Å². The first-order valence-corrected chi connectivity index (χ1v) is 13.3. The fourth-order valence-corrected chi connectivity index (χ4v) is 5.03. The second kappa shape index (κ2) is 9.65. The van der Waals surface area contributed by atoms with Crippen molar-refractivity contribution < 1.29 is 26.6 Å². The van der Waals surface area contributed by atoms with E-state index in [9.17, 15) is 31.7 Å². The number of nitro benzene ring substituents is 1. The van der Waals surface area contributed by atoms with Crippen LogP contribution in [0.5, 0.6) is 0 Å². The van der Waals surface area contributed by atoms with Crippen LogP contribution in [0.1, 0.15) is 31.9 Å². The molecule has 0 aromatic heterocycles. The van der Waals surface area contributed by atoms with Crippen LogP contribution in [0, 0.1) is 10.1 Å². The van der Waals surface area contributed by atoms with E-state index < -0.39 is 42.8 Å².